The summed E-state index contributed by atoms with van der Waals surface area (Å²) in [6.45, 7) is 0. The minimum absolute atomic E-state index is 0.366. The maximum atomic E-state index is 14.0. The summed E-state index contributed by atoms with van der Waals surface area (Å²) in [5, 5.41) is 0.492. The lowest BCUT2D eigenvalue weighted by molar-refractivity contribution is 0.342. The Morgan fingerprint density at radius 2 is 1.56 bits per heavy atom. The molecular weight excluding hydrogens is 223 g/mol. The van der Waals surface area contributed by atoms with E-state index in [0.717, 1.165) is 5.56 Å². The molecule has 0 radical (unpaired) electrons. The highest BCUT2D eigenvalue weighted by molar-refractivity contribution is 6.31. The Hall–Kier alpha value is -1.34. The fourth-order valence-electron chi connectivity index (χ4n) is 1.66. The van der Waals surface area contributed by atoms with Gasteiger partial charge in [0, 0.05) is 17.0 Å². The molecule has 0 aliphatic carbocycles. The van der Waals surface area contributed by atoms with E-state index in [1.807, 2.05) is 30.3 Å². The zero-order chi connectivity index (χ0) is 11.4. The number of alkyl halides is 1. The third kappa shape index (κ3) is 2.61. The van der Waals surface area contributed by atoms with E-state index >= 15 is 0 Å². The number of hydrogen-bond acceptors (Lipinski definition) is 0. The second-order valence-corrected chi connectivity index (χ2v) is 4.09. The van der Waals surface area contributed by atoms with Crippen LogP contribution in [-0.2, 0) is 6.42 Å². The maximum Gasteiger partial charge on any atom is 0.131 e. The monoisotopic (exact) mass is 234 g/mol. The summed E-state index contributed by atoms with van der Waals surface area (Å²) >= 11 is 5.95. The van der Waals surface area contributed by atoms with Crippen molar-refractivity contribution in [2.24, 2.45) is 0 Å². The van der Waals surface area contributed by atoms with Gasteiger partial charge < -0.3 is 0 Å². The first-order valence-corrected chi connectivity index (χ1v) is 5.57. The lowest BCUT2D eigenvalue weighted by atomic mass is 10.0. The van der Waals surface area contributed by atoms with Gasteiger partial charge in [-0.25, -0.2) is 4.39 Å². The minimum Gasteiger partial charge on any atom is -0.242 e. The molecule has 2 heteroatoms. The Bertz CT molecular complexity index is 453. The van der Waals surface area contributed by atoms with E-state index in [1.54, 1.807) is 24.3 Å². The molecule has 0 saturated carbocycles. The average Bonchev–Trinajstić information content (AvgIpc) is 2.31. The van der Waals surface area contributed by atoms with Crippen molar-refractivity contribution in [3.05, 3.63) is 70.7 Å². The standard InChI is InChI=1S/C14H12ClF/c15-13-9-5-4-8-12(13)14(16)10-11-6-2-1-3-7-11/h1-9,14H,10H2. The van der Waals surface area contributed by atoms with Crippen LogP contribution < -0.4 is 0 Å². The van der Waals surface area contributed by atoms with E-state index < -0.39 is 6.17 Å². The molecule has 1 unspecified atom stereocenters. The predicted octanol–water partition coefficient (Wildman–Crippen LogP) is 4.59. The van der Waals surface area contributed by atoms with E-state index in [0.29, 0.717) is 17.0 Å². The molecule has 2 aromatic carbocycles. The number of rotatable bonds is 3. The van der Waals surface area contributed by atoms with Crippen molar-refractivity contribution in [1.29, 1.82) is 0 Å². The molecule has 0 aromatic heterocycles. The van der Waals surface area contributed by atoms with Gasteiger partial charge in [0.1, 0.15) is 6.17 Å². The van der Waals surface area contributed by atoms with Gasteiger partial charge in [0.2, 0.25) is 0 Å². The molecule has 2 aromatic rings. The summed E-state index contributed by atoms with van der Waals surface area (Å²) in [6, 6.07) is 16.6. The molecule has 0 saturated heterocycles. The lowest BCUT2D eigenvalue weighted by Gasteiger charge is -2.10. The summed E-state index contributed by atoms with van der Waals surface area (Å²) in [6.07, 6.45) is -0.680. The summed E-state index contributed by atoms with van der Waals surface area (Å²) in [7, 11) is 0. The molecule has 0 aliphatic rings. The molecule has 16 heavy (non-hydrogen) atoms. The van der Waals surface area contributed by atoms with Crippen molar-refractivity contribution < 1.29 is 4.39 Å². The van der Waals surface area contributed by atoms with Gasteiger partial charge in [0.05, 0.1) is 0 Å². The zero-order valence-electron chi connectivity index (χ0n) is 8.74. The van der Waals surface area contributed by atoms with Gasteiger partial charge >= 0.3 is 0 Å². The van der Waals surface area contributed by atoms with Gasteiger partial charge in [-0.15, -0.1) is 0 Å². The highest BCUT2D eigenvalue weighted by atomic mass is 35.5. The third-order valence-corrected chi connectivity index (χ3v) is 2.84. The van der Waals surface area contributed by atoms with Crippen molar-refractivity contribution >= 4 is 11.6 Å². The largest absolute Gasteiger partial charge is 0.242 e. The highest BCUT2D eigenvalue weighted by Gasteiger charge is 2.13. The molecule has 2 rings (SSSR count). The number of hydrogen-bond donors (Lipinski definition) is 0. The van der Waals surface area contributed by atoms with Crippen LogP contribution in [0, 0.1) is 0 Å². The fraction of sp³-hybridized carbons (Fsp3) is 0.143. The van der Waals surface area contributed by atoms with Gasteiger partial charge in [-0.2, -0.15) is 0 Å². The fourth-order valence-corrected chi connectivity index (χ4v) is 1.91. The molecule has 0 aliphatic heterocycles. The maximum absolute atomic E-state index is 14.0. The van der Waals surface area contributed by atoms with Gasteiger partial charge in [0.15, 0.2) is 0 Å². The Morgan fingerprint density at radius 1 is 0.938 bits per heavy atom. The smallest absolute Gasteiger partial charge is 0.131 e. The molecule has 0 bridgehead atoms. The van der Waals surface area contributed by atoms with Gasteiger partial charge in [0.25, 0.3) is 0 Å². The SMILES string of the molecule is FC(Cc1ccccc1)c1ccccc1Cl. The van der Waals surface area contributed by atoms with E-state index in [1.165, 1.54) is 0 Å². The summed E-state index contributed by atoms with van der Waals surface area (Å²) in [5.74, 6) is 0. The van der Waals surface area contributed by atoms with E-state index in [2.05, 4.69) is 0 Å². The second kappa shape index (κ2) is 5.13. The Morgan fingerprint density at radius 3 is 2.25 bits per heavy atom. The molecule has 0 N–H and O–H groups in total. The van der Waals surface area contributed by atoms with Crippen LogP contribution in [0.25, 0.3) is 0 Å². The Kier molecular flexibility index (Phi) is 3.58. The molecule has 1 atom stereocenters. The molecule has 0 heterocycles. The van der Waals surface area contributed by atoms with Crippen LogP contribution in [0.5, 0.6) is 0 Å². The first-order chi connectivity index (χ1) is 7.77. The van der Waals surface area contributed by atoms with Crippen LogP contribution in [-0.4, -0.2) is 0 Å². The third-order valence-electron chi connectivity index (χ3n) is 2.50. The molecule has 0 nitrogen and oxygen atoms in total. The van der Waals surface area contributed by atoms with E-state index in [9.17, 15) is 4.39 Å². The van der Waals surface area contributed by atoms with Crippen LogP contribution >= 0.6 is 11.6 Å². The Balaban J connectivity index is 2.15. The average molecular weight is 235 g/mol. The highest BCUT2D eigenvalue weighted by Crippen LogP contribution is 2.28. The molecule has 0 spiro atoms. The van der Waals surface area contributed by atoms with Crippen molar-refractivity contribution in [1.82, 2.24) is 0 Å². The summed E-state index contributed by atoms with van der Waals surface area (Å²) in [4.78, 5) is 0. The molecule has 82 valence electrons. The van der Waals surface area contributed by atoms with Crippen molar-refractivity contribution in [3.63, 3.8) is 0 Å². The topological polar surface area (TPSA) is 0 Å². The van der Waals surface area contributed by atoms with Crippen molar-refractivity contribution in [2.45, 2.75) is 12.6 Å². The van der Waals surface area contributed by atoms with Crippen LogP contribution in [0.3, 0.4) is 0 Å². The summed E-state index contributed by atoms with van der Waals surface area (Å²) < 4.78 is 14.0. The second-order valence-electron chi connectivity index (χ2n) is 3.68. The number of benzene rings is 2. The number of halogens is 2. The van der Waals surface area contributed by atoms with Gasteiger partial charge in [-0.05, 0) is 11.6 Å². The van der Waals surface area contributed by atoms with Crippen LogP contribution in [0.2, 0.25) is 5.02 Å². The normalized spacial score (nSPS) is 12.4. The molecular formula is C14H12ClF. The van der Waals surface area contributed by atoms with E-state index in [-0.39, 0.29) is 0 Å². The van der Waals surface area contributed by atoms with Crippen LogP contribution in [0.4, 0.5) is 4.39 Å². The first-order valence-electron chi connectivity index (χ1n) is 5.20. The van der Waals surface area contributed by atoms with E-state index in [4.69, 9.17) is 11.6 Å². The quantitative estimate of drug-likeness (QED) is 0.729. The van der Waals surface area contributed by atoms with Gasteiger partial charge in [-0.1, -0.05) is 60.1 Å². The zero-order valence-corrected chi connectivity index (χ0v) is 9.49. The van der Waals surface area contributed by atoms with Crippen molar-refractivity contribution in [2.75, 3.05) is 0 Å². The minimum atomic E-state index is -1.05. The lowest BCUT2D eigenvalue weighted by Crippen LogP contribution is -1.97. The van der Waals surface area contributed by atoms with Crippen molar-refractivity contribution in [3.8, 4) is 0 Å². The predicted molar refractivity (Wildman–Crippen MR) is 65.4 cm³/mol. The van der Waals surface area contributed by atoms with Gasteiger partial charge in [-0.3, -0.25) is 0 Å². The summed E-state index contributed by atoms with van der Waals surface area (Å²) in [5.41, 5.74) is 1.54. The van der Waals surface area contributed by atoms with Crippen LogP contribution in [0.15, 0.2) is 54.6 Å². The molecule has 0 amide bonds. The first kappa shape index (κ1) is 11.2. The van der Waals surface area contributed by atoms with Crippen LogP contribution in [0.1, 0.15) is 17.3 Å². The molecule has 0 fully saturated rings. The Labute approximate surface area is 99.7 Å².